The summed E-state index contributed by atoms with van der Waals surface area (Å²) in [5.41, 5.74) is 4.06. The van der Waals surface area contributed by atoms with E-state index < -0.39 is 24.9 Å². The second kappa shape index (κ2) is 12.1. The van der Waals surface area contributed by atoms with Crippen molar-refractivity contribution in [3.05, 3.63) is 71.2 Å². The summed E-state index contributed by atoms with van der Waals surface area (Å²) in [6, 6.07) is 11.4. The van der Waals surface area contributed by atoms with Gasteiger partial charge in [0.1, 0.15) is 0 Å². The van der Waals surface area contributed by atoms with Crippen molar-refractivity contribution in [3.63, 3.8) is 0 Å². The summed E-state index contributed by atoms with van der Waals surface area (Å²) in [5.74, 6) is 0.176. The van der Waals surface area contributed by atoms with Gasteiger partial charge in [0, 0.05) is 69.4 Å². The highest BCUT2D eigenvalue weighted by molar-refractivity contribution is 5.94. The molecule has 1 N–H and O–H groups in total. The van der Waals surface area contributed by atoms with Crippen molar-refractivity contribution >= 4 is 23.0 Å². The van der Waals surface area contributed by atoms with Crippen LogP contribution in [0.15, 0.2) is 48.7 Å². The fraction of sp³-hybridized carbons (Fsp3) is 0.484. The molecule has 43 heavy (non-hydrogen) atoms. The third kappa shape index (κ3) is 6.75. The van der Waals surface area contributed by atoms with Crippen LogP contribution < -0.4 is 5.32 Å². The summed E-state index contributed by atoms with van der Waals surface area (Å²) in [5, 5.41) is 8.04. The molecule has 1 spiro atoms. The van der Waals surface area contributed by atoms with Gasteiger partial charge in [0.05, 0.1) is 18.6 Å². The van der Waals surface area contributed by atoms with Crippen LogP contribution in [0.3, 0.4) is 0 Å². The summed E-state index contributed by atoms with van der Waals surface area (Å²) in [4.78, 5) is 33.5. The number of carbonyl (C=O) groups excluding carboxylic acids is 2. The van der Waals surface area contributed by atoms with Crippen LogP contribution >= 0.6 is 0 Å². The van der Waals surface area contributed by atoms with E-state index in [0.29, 0.717) is 56.1 Å². The van der Waals surface area contributed by atoms with Crippen molar-refractivity contribution in [1.82, 2.24) is 29.7 Å². The van der Waals surface area contributed by atoms with Gasteiger partial charge in [-0.1, -0.05) is 18.2 Å². The molecule has 228 valence electrons. The van der Waals surface area contributed by atoms with Gasteiger partial charge in [0.15, 0.2) is 11.5 Å². The van der Waals surface area contributed by atoms with Crippen LogP contribution in [-0.4, -0.2) is 93.9 Å². The molecule has 6 rings (SSSR count). The van der Waals surface area contributed by atoms with Gasteiger partial charge in [-0.2, -0.15) is 18.3 Å². The van der Waals surface area contributed by atoms with E-state index in [9.17, 15) is 22.8 Å². The molecule has 3 aromatic rings. The average Bonchev–Trinajstić information content (AvgIpc) is 3.43. The number of pyridine rings is 1. The number of halogens is 3. The zero-order valence-corrected chi connectivity index (χ0v) is 23.9. The minimum absolute atomic E-state index is 0.0297. The Hall–Kier alpha value is -3.77. The number of benzene rings is 1. The molecule has 2 fully saturated rings. The Balaban J connectivity index is 1.08. The summed E-state index contributed by atoms with van der Waals surface area (Å²) in [7, 11) is 0. The second-order valence-electron chi connectivity index (χ2n) is 11.5. The molecule has 2 aromatic heterocycles. The summed E-state index contributed by atoms with van der Waals surface area (Å²) < 4.78 is 45.3. The molecular formula is C31H35F3N6O3. The van der Waals surface area contributed by atoms with Gasteiger partial charge in [0.25, 0.3) is 5.91 Å². The fourth-order valence-electron chi connectivity index (χ4n) is 6.10. The molecule has 3 aliphatic rings. The number of rotatable bonds is 6. The number of nitrogens with one attached hydrogen (secondary N) is 1. The van der Waals surface area contributed by atoms with Crippen molar-refractivity contribution in [2.24, 2.45) is 0 Å². The lowest BCUT2D eigenvalue weighted by atomic mass is 9.89. The Morgan fingerprint density at radius 2 is 1.84 bits per heavy atom. The molecule has 2 amide bonds. The lowest BCUT2D eigenvalue weighted by Crippen LogP contribution is -2.56. The smallest absolute Gasteiger partial charge is 0.372 e. The van der Waals surface area contributed by atoms with Crippen LogP contribution in [-0.2, 0) is 16.0 Å². The van der Waals surface area contributed by atoms with Gasteiger partial charge in [-0.05, 0) is 54.7 Å². The summed E-state index contributed by atoms with van der Waals surface area (Å²) in [6.07, 6.45) is 0.418. The zero-order valence-electron chi connectivity index (χ0n) is 23.9. The molecule has 12 heteroatoms. The van der Waals surface area contributed by atoms with E-state index >= 15 is 0 Å². The Bertz CT molecular complexity index is 1500. The number of hydrogen-bond acceptors (Lipinski definition) is 6. The third-order valence-corrected chi connectivity index (χ3v) is 8.60. The van der Waals surface area contributed by atoms with E-state index in [1.165, 1.54) is 4.90 Å². The number of fused-ring (bicyclic) bond motifs is 1. The Morgan fingerprint density at radius 3 is 2.51 bits per heavy atom. The number of piperidine rings is 1. The first-order valence-corrected chi connectivity index (χ1v) is 14.8. The number of ether oxygens (including phenoxy) is 1. The van der Waals surface area contributed by atoms with E-state index in [0.717, 1.165) is 42.6 Å². The molecule has 3 aliphatic heterocycles. The van der Waals surface area contributed by atoms with Crippen molar-refractivity contribution in [1.29, 1.82) is 0 Å². The number of likely N-dealkylation sites (tertiary alicyclic amines) is 1. The molecule has 0 radical (unpaired) electrons. The molecule has 5 heterocycles. The number of amides is 2. The van der Waals surface area contributed by atoms with Crippen LogP contribution in [0.5, 0.6) is 0 Å². The molecule has 9 nitrogen and oxygen atoms in total. The van der Waals surface area contributed by atoms with Crippen molar-refractivity contribution < 1.29 is 27.5 Å². The molecular weight excluding hydrogens is 561 g/mol. The van der Waals surface area contributed by atoms with E-state index in [-0.39, 0.29) is 18.1 Å². The fourth-order valence-corrected chi connectivity index (χ4v) is 6.10. The maximum atomic E-state index is 13.1. The molecule has 0 unspecified atom stereocenters. The van der Waals surface area contributed by atoms with Gasteiger partial charge in [-0.3, -0.25) is 9.59 Å². The highest BCUT2D eigenvalue weighted by Crippen LogP contribution is 2.29. The van der Waals surface area contributed by atoms with Gasteiger partial charge in [-0.15, -0.1) is 0 Å². The Kier molecular flexibility index (Phi) is 8.23. The lowest BCUT2D eigenvalue weighted by Gasteiger charge is -2.44. The average molecular weight is 597 g/mol. The largest absolute Gasteiger partial charge is 0.389 e. The highest BCUT2D eigenvalue weighted by Gasteiger charge is 2.38. The molecule has 0 saturated carbocycles. The van der Waals surface area contributed by atoms with Gasteiger partial charge < -0.3 is 19.9 Å². The van der Waals surface area contributed by atoms with Crippen molar-refractivity contribution in [2.45, 2.75) is 50.3 Å². The van der Waals surface area contributed by atoms with E-state index in [2.05, 4.69) is 10.4 Å². The number of nitrogens with zero attached hydrogens (tertiary/aromatic N) is 5. The maximum Gasteiger partial charge on any atom is 0.389 e. The Labute approximate surface area is 247 Å². The lowest BCUT2D eigenvalue weighted by molar-refractivity contribution is -0.148. The number of hydrogen-bond donors (Lipinski definition) is 1. The van der Waals surface area contributed by atoms with Gasteiger partial charge in [0.2, 0.25) is 5.91 Å². The molecule has 0 aliphatic carbocycles. The van der Waals surface area contributed by atoms with Crippen LogP contribution in [0.1, 0.15) is 59.4 Å². The van der Waals surface area contributed by atoms with Crippen LogP contribution in [0.25, 0.3) is 11.2 Å². The van der Waals surface area contributed by atoms with Crippen LogP contribution in [0, 0.1) is 0 Å². The standard InChI is InChI=1S/C31H35F3N6O3/c32-31(33,34)10-7-27(41)38-15-8-23(9-16-38)25-2-1-14-40-28(25)36-26(37-40)20-22-3-5-24(6-4-22)29(42)39-17-11-30(12-18-39)21-35-13-19-43-30/h1-6,8,14,35H,7,9-13,15-21H2. The van der Waals surface area contributed by atoms with Crippen molar-refractivity contribution in [2.75, 3.05) is 45.9 Å². The number of aromatic nitrogens is 3. The third-order valence-electron chi connectivity index (χ3n) is 8.60. The van der Waals surface area contributed by atoms with E-state index in [1.807, 2.05) is 53.6 Å². The SMILES string of the molecule is O=C(CCC(F)(F)F)N1CC=C(c2cccn3nc(Cc4ccc(C(=O)N5CCC6(CC5)CNCCO6)cc4)nc23)CC1. The normalized spacial score (nSPS) is 19.1. The minimum atomic E-state index is -4.34. The number of morpholine rings is 1. The monoisotopic (exact) mass is 596 g/mol. The van der Waals surface area contributed by atoms with E-state index in [1.54, 1.807) is 4.52 Å². The van der Waals surface area contributed by atoms with E-state index in [4.69, 9.17) is 9.72 Å². The quantitative estimate of drug-likeness (QED) is 0.465. The number of alkyl halides is 3. The predicted octanol–water partition coefficient (Wildman–Crippen LogP) is 3.87. The summed E-state index contributed by atoms with van der Waals surface area (Å²) in [6.45, 7) is 4.42. The Morgan fingerprint density at radius 1 is 1.05 bits per heavy atom. The maximum absolute atomic E-state index is 13.1. The molecule has 0 atom stereocenters. The first kappa shape index (κ1) is 29.3. The predicted molar refractivity (Wildman–Crippen MR) is 153 cm³/mol. The van der Waals surface area contributed by atoms with Gasteiger partial charge >= 0.3 is 6.18 Å². The molecule has 2 saturated heterocycles. The first-order chi connectivity index (χ1) is 20.7. The van der Waals surface area contributed by atoms with Crippen LogP contribution in [0.2, 0.25) is 0 Å². The minimum Gasteiger partial charge on any atom is -0.372 e. The zero-order chi connectivity index (χ0) is 30.0. The molecule has 1 aromatic carbocycles. The highest BCUT2D eigenvalue weighted by atomic mass is 19.4. The summed E-state index contributed by atoms with van der Waals surface area (Å²) >= 11 is 0. The van der Waals surface area contributed by atoms with Crippen molar-refractivity contribution in [3.8, 4) is 0 Å². The topological polar surface area (TPSA) is 92.1 Å². The first-order valence-electron chi connectivity index (χ1n) is 14.8. The second-order valence-corrected chi connectivity index (χ2v) is 11.5. The number of carbonyl (C=O) groups is 2. The van der Waals surface area contributed by atoms with Crippen LogP contribution in [0.4, 0.5) is 13.2 Å². The van der Waals surface area contributed by atoms with Gasteiger partial charge in [-0.25, -0.2) is 9.50 Å². The molecule has 0 bridgehead atoms.